The normalized spacial score (nSPS) is 15.1. The molecule has 0 radical (unpaired) electrons. The Hall–Kier alpha value is -1.44. The molecule has 2 rings (SSSR count). The zero-order chi connectivity index (χ0) is 7.52. The van der Waals surface area contributed by atoms with Crippen molar-refractivity contribution in [2.75, 3.05) is 11.6 Å². The third-order valence-corrected chi connectivity index (χ3v) is 1.60. The lowest BCUT2D eigenvalue weighted by atomic mass is 10.3. The van der Waals surface area contributed by atoms with Crippen LogP contribution in [0, 0.1) is 0 Å². The molecule has 1 aromatic carbocycles. The zero-order valence-electron chi connectivity index (χ0n) is 6.10. The van der Waals surface area contributed by atoms with Gasteiger partial charge in [-0.2, -0.15) is 0 Å². The molecule has 0 saturated carbocycles. The van der Waals surface area contributed by atoms with Crippen LogP contribution in [0.5, 0.6) is 0 Å². The van der Waals surface area contributed by atoms with Crippen LogP contribution < -0.4 is 5.06 Å². The Balaban J connectivity index is 2.17. The van der Waals surface area contributed by atoms with Crippen molar-refractivity contribution in [2.24, 2.45) is 0 Å². The van der Waals surface area contributed by atoms with Gasteiger partial charge in [0.05, 0.1) is 12.2 Å². The van der Waals surface area contributed by atoms with Crippen LogP contribution in [0.25, 0.3) is 0 Å². The third-order valence-electron chi connectivity index (χ3n) is 1.60. The Kier molecular flexibility index (Phi) is 1.52. The van der Waals surface area contributed by atoms with Crippen LogP contribution >= 0.6 is 0 Å². The van der Waals surface area contributed by atoms with Crippen molar-refractivity contribution in [3.63, 3.8) is 0 Å². The molecule has 1 aromatic rings. The molecule has 2 heteroatoms. The first-order valence-electron chi connectivity index (χ1n) is 3.61. The number of hydrogen-bond acceptors (Lipinski definition) is 2. The molecule has 1 aliphatic heterocycles. The third kappa shape index (κ3) is 1.19. The molecule has 0 aromatic heterocycles. The highest BCUT2D eigenvalue weighted by molar-refractivity contribution is 5.44. The van der Waals surface area contributed by atoms with Crippen LogP contribution in [0.15, 0.2) is 42.7 Å². The van der Waals surface area contributed by atoms with E-state index in [1.54, 1.807) is 6.26 Å². The number of rotatable bonds is 1. The molecule has 0 aliphatic carbocycles. The average Bonchev–Trinajstić information content (AvgIpc) is 2.58. The van der Waals surface area contributed by atoms with E-state index < -0.39 is 0 Å². The van der Waals surface area contributed by atoms with Crippen molar-refractivity contribution >= 4 is 5.69 Å². The largest absolute Gasteiger partial charge is 0.387 e. The molecule has 0 unspecified atom stereocenters. The highest BCUT2D eigenvalue weighted by Crippen LogP contribution is 2.16. The van der Waals surface area contributed by atoms with E-state index >= 15 is 0 Å². The van der Waals surface area contributed by atoms with Gasteiger partial charge in [0.15, 0.2) is 0 Å². The fourth-order valence-electron chi connectivity index (χ4n) is 1.06. The predicted octanol–water partition coefficient (Wildman–Crippen LogP) is 1.95. The zero-order valence-corrected chi connectivity index (χ0v) is 6.10. The van der Waals surface area contributed by atoms with E-state index in [2.05, 4.69) is 0 Å². The van der Waals surface area contributed by atoms with Crippen LogP contribution in [-0.4, -0.2) is 6.54 Å². The smallest absolute Gasteiger partial charge is 0.117 e. The Morgan fingerprint density at radius 1 is 1.18 bits per heavy atom. The molecule has 0 saturated heterocycles. The molecule has 0 atom stereocenters. The first-order chi connectivity index (χ1) is 5.47. The van der Waals surface area contributed by atoms with Crippen LogP contribution in [0.3, 0.4) is 0 Å². The van der Waals surface area contributed by atoms with Gasteiger partial charge in [0.2, 0.25) is 0 Å². The first kappa shape index (κ1) is 6.28. The van der Waals surface area contributed by atoms with E-state index in [4.69, 9.17) is 4.84 Å². The fraction of sp³-hybridized carbons (Fsp3) is 0.111. The molecule has 0 N–H and O–H groups in total. The van der Waals surface area contributed by atoms with Crippen molar-refractivity contribution in [3.8, 4) is 0 Å². The Labute approximate surface area is 65.7 Å². The van der Waals surface area contributed by atoms with Crippen molar-refractivity contribution in [3.05, 3.63) is 42.7 Å². The van der Waals surface area contributed by atoms with Gasteiger partial charge in [0.25, 0.3) is 0 Å². The van der Waals surface area contributed by atoms with Gasteiger partial charge in [-0.25, -0.2) is 5.06 Å². The number of hydrogen-bond donors (Lipinski definition) is 0. The van der Waals surface area contributed by atoms with Gasteiger partial charge < -0.3 is 4.84 Å². The average molecular weight is 147 g/mol. The highest BCUT2D eigenvalue weighted by Gasteiger charge is 2.06. The van der Waals surface area contributed by atoms with Crippen molar-refractivity contribution in [1.82, 2.24) is 0 Å². The summed E-state index contributed by atoms with van der Waals surface area (Å²) in [6.45, 7) is 0.837. The van der Waals surface area contributed by atoms with Gasteiger partial charge in [0, 0.05) is 0 Å². The topological polar surface area (TPSA) is 12.5 Å². The standard InChI is InChI=1S/C9H9NO/c1-2-5-9(6-3-1)10-7-4-8-11-10/h1-6,8H,7H2. The minimum absolute atomic E-state index is 0.837. The summed E-state index contributed by atoms with van der Waals surface area (Å²) in [4.78, 5) is 5.19. The van der Waals surface area contributed by atoms with E-state index in [0.29, 0.717) is 0 Å². The summed E-state index contributed by atoms with van der Waals surface area (Å²) in [6, 6.07) is 10.0. The number of hydroxylamine groups is 1. The summed E-state index contributed by atoms with van der Waals surface area (Å²) in [6.07, 6.45) is 3.68. The number of para-hydroxylation sites is 1. The maximum absolute atomic E-state index is 5.19. The van der Waals surface area contributed by atoms with E-state index in [0.717, 1.165) is 12.2 Å². The van der Waals surface area contributed by atoms with E-state index in [1.165, 1.54) is 0 Å². The Bertz CT molecular complexity index is 248. The lowest BCUT2D eigenvalue weighted by Gasteiger charge is -2.15. The predicted molar refractivity (Wildman–Crippen MR) is 44.0 cm³/mol. The van der Waals surface area contributed by atoms with E-state index in [1.807, 2.05) is 41.5 Å². The molecule has 2 nitrogen and oxygen atoms in total. The van der Waals surface area contributed by atoms with Gasteiger partial charge in [-0.3, -0.25) is 0 Å². The molecule has 11 heavy (non-hydrogen) atoms. The minimum atomic E-state index is 0.837. The van der Waals surface area contributed by atoms with Crippen molar-refractivity contribution in [2.45, 2.75) is 0 Å². The Morgan fingerprint density at radius 2 is 2.00 bits per heavy atom. The molecule has 1 heterocycles. The summed E-state index contributed by atoms with van der Waals surface area (Å²) < 4.78 is 0. The molecular formula is C9H9NO. The van der Waals surface area contributed by atoms with E-state index in [9.17, 15) is 0 Å². The van der Waals surface area contributed by atoms with Crippen LogP contribution in [0.4, 0.5) is 5.69 Å². The van der Waals surface area contributed by atoms with Crippen molar-refractivity contribution in [1.29, 1.82) is 0 Å². The van der Waals surface area contributed by atoms with Crippen LogP contribution in [0.1, 0.15) is 0 Å². The van der Waals surface area contributed by atoms with Gasteiger partial charge in [-0.15, -0.1) is 0 Å². The lowest BCUT2D eigenvalue weighted by molar-refractivity contribution is 0.246. The second kappa shape index (κ2) is 2.66. The van der Waals surface area contributed by atoms with Gasteiger partial charge in [-0.05, 0) is 18.2 Å². The summed E-state index contributed by atoms with van der Waals surface area (Å²) in [5, 5.41) is 1.83. The molecule has 56 valence electrons. The SMILES string of the molecule is C1=CON(c2ccccc2)C1. The monoisotopic (exact) mass is 147 g/mol. The molecule has 1 aliphatic rings. The Morgan fingerprint density at radius 3 is 2.64 bits per heavy atom. The highest BCUT2D eigenvalue weighted by atomic mass is 16.7. The van der Waals surface area contributed by atoms with Crippen LogP contribution in [-0.2, 0) is 4.84 Å². The fourth-order valence-corrected chi connectivity index (χ4v) is 1.06. The maximum Gasteiger partial charge on any atom is 0.117 e. The number of benzene rings is 1. The summed E-state index contributed by atoms with van der Waals surface area (Å²) >= 11 is 0. The summed E-state index contributed by atoms with van der Waals surface area (Å²) in [7, 11) is 0. The molecule has 0 amide bonds. The molecule has 0 fully saturated rings. The quantitative estimate of drug-likeness (QED) is 0.602. The number of anilines is 1. The van der Waals surface area contributed by atoms with Gasteiger partial charge in [-0.1, -0.05) is 18.2 Å². The summed E-state index contributed by atoms with van der Waals surface area (Å²) in [5.41, 5.74) is 1.09. The number of nitrogens with zero attached hydrogens (tertiary/aromatic N) is 1. The second-order valence-corrected chi connectivity index (χ2v) is 2.37. The van der Waals surface area contributed by atoms with E-state index in [-0.39, 0.29) is 0 Å². The van der Waals surface area contributed by atoms with Gasteiger partial charge >= 0.3 is 0 Å². The second-order valence-electron chi connectivity index (χ2n) is 2.37. The molecular weight excluding hydrogens is 138 g/mol. The maximum atomic E-state index is 5.19. The van der Waals surface area contributed by atoms with Crippen LogP contribution in [0.2, 0.25) is 0 Å². The minimum Gasteiger partial charge on any atom is -0.387 e. The van der Waals surface area contributed by atoms with Gasteiger partial charge in [0.1, 0.15) is 6.26 Å². The van der Waals surface area contributed by atoms with Crippen molar-refractivity contribution < 1.29 is 4.84 Å². The molecule has 0 bridgehead atoms. The molecule has 0 spiro atoms. The lowest BCUT2D eigenvalue weighted by Crippen LogP contribution is -2.15. The first-order valence-corrected chi connectivity index (χ1v) is 3.61. The summed E-state index contributed by atoms with van der Waals surface area (Å²) in [5.74, 6) is 0.